The van der Waals surface area contributed by atoms with Gasteiger partial charge >= 0.3 is 5.97 Å². The van der Waals surface area contributed by atoms with E-state index < -0.39 is 11.4 Å². The van der Waals surface area contributed by atoms with Gasteiger partial charge in [0.2, 0.25) is 0 Å². The van der Waals surface area contributed by atoms with Gasteiger partial charge < -0.3 is 10.0 Å². The Bertz CT molecular complexity index is 512. The molecule has 0 saturated carbocycles. The van der Waals surface area contributed by atoms with E-state index in [0.29, 0.717) is 24.6 Å². The van der Waals surface area contributed by atoms with E-state index in [1.54, 1.807) is 17.2 Å². The van der Waals surface area contributed by atoms with Crippen molar-refractivity contribution in [3.8, 4) is 0 Å². The van der Waals surface area contributed by atoms with Crippen molar-refractivity contribution in [1.82, 2.24) is 9.88 Å². The van der Waals surface area contributed by atoms with Crippen LogP contribution >= 0.6 is 11.3 Å². The molecule has 0 unspecified atom stereocenters. The Morgan fingerprint density at radius 1 is 1.53 bits per heavy atom. The second-order valence-corrected chi connectivity index (χ2v) is 6.46. The Labute approximate surface area is 116 Å². The SMILES string of the molecule is CC(C)c1nc(C(=O)N2CC[C@@](C)(C(=O)O)C2)cs1. The van der Waals surface area contributed by atoms with E-state index in [1.807, 2.05) is 13.8 Å². The summed E-state index contributed by atoms with van der Waals surface area (Å²) < 4.78 is 0. The minimum absolute atomic E-state index is 0.159. The largest absolute Gasteiger partial charge is 0.481 e. The molecule has 0 aliphatic carbocycles. The van der Waals surface area contributed by atoms with Crippen LogP contribution in [0.1, 0.15) is 48.6 Å². The van der Waals surface area contributed by atoms with Gasteiger partial charge in [0.15, 0.2) is 0 Å². The lowest BCUT2D eigenvalue weighted by Crippen LogP contribution is -2.35. The highest BCUT2D eigenvalue weighted by atomic mass is 32.1. The van der Waals surface area contributed by atoms with Gasteiger partial charge in [-0.05, 0) is 13.3 Å². The molecular weight excluding hydrogens is 264 g/mol. The zero-order chi connectivity index (χ0) is 14.2. The molecule has 1 aromatic heterocycles. The maximum Gasteiger partial charge on any atom is 0.311 e. The van der Waals surface area contributed by atoms with Gasteiger partial charge in [0.05, 0.1) is 10.4 Å². The van der Waals surface area contributed by atoms with E-state index in [2.05, 4.69) is 4.98 Å². The van der Waals surface area contributed by atoms with Crippen LogP contribution < -0.4 is 0 Å². The van der Waals surface area contributed by atoms with Crippen LogP contribution in [0.5, 0.6) is 0 Å². The molecule has 2 heterocycles. The number of carbonyl (C=O) groups excluding carboxylic acids is 1. The van der Waals surface area contributed by atoms with Crippen LogP contribution in [0.2, 0.25) is 0 Å². The zero-order valence-corrected chi connectivity index (χ0v) is 12.2. The molecule has 0 radical (unpaired) electrons. The van der Waals surface area contributed by atoms with Crippen molar-refractivity contribution in [2.24, 2.45) is 5.41 Å². The van der Waals surface area contributed by atoms with Crippen molar-refractivity contribution >= 4 is 23.2 Å². The average Bonchev–Trinajstić information content (AvgIpc) is 2.95. The summed E-state index contributed by atoms with van der Waals surface area (Å²) in [6.07, 6.45) is 0.495. The number of amides is 1. The first-order chi connectivity index (χ1) is 8.83. The van der Waals surface area contributed by atoms with Crippen LogP contribution in [0.3, 0.4) is 0 Å². The molecular formula is C13H18N2O3S. The van der Waals surface area contributed by atoms with E-state index in [9.17, 15) is 9.59 Å². The van der Waals surface area contributed by atoms with E-state index in [4.69, 9.17) is 5.11 Å². The van der Waals surface area contributed by atoms with E-state index in [-0.39, 0.29) is 12.5 Å². The number of aliphatic carboxylic acids is 1. The van der Waals surface area contributed by atoms with Gasteiger partial charge in [-0.1, -0.05) is 13.8 Å². The van der Waals surface area contributed by atoms with Gasteiger partial charge in [-0.2, -0.15) is 0 Å². The van der Waals surface area contributed by atoms with Crippen molar-refractivity contribution < 1.29 is 14.7 Å². The molecule has 1 aliphatic heterocycles. The first kappa shape index (κ1) is 14.0. The quantitative estimate of drug-likeness (QED) is 0.922. The fourth-order valence-electron chi connectivity index (χ4n) is 2.12. The van der Waals surface area contributed by atoms with Crippen LogP contribution in [0.15, 0.2) is 5.38 Å². The predicted molar refractivity (Wildman–Crippen MR) is 72.5 cm³/mol. The molecule has 1 amide bonds. The highest BCUT2D eigenvalue weighted by Crippen LogP contribution is 2.31. The van der Waals surface area contributed by atoms with Crippen molar-refractivity contribution in [3.63, 3.8) is 0 Å². The Morgan fingerprint density at radius 2 is 2.21 bits per heavy atom. The summed E-state index contributed by atoms with van der Waals surface area (Å²) in [5, 5.41) is 11.9. The highest BCUT2D eigenvalue weighted by molar-refractivity contribution is 7.09. The van der Waals surface area contributed by atoms with Crippen LogP contribution in [0, 0.1) is 5.41 Å². The fourth-order valence-corrected chi connectivity index (χ4v) is 2.93. The lowest BCUT2D eigenvalue weighted by atomic mass is 9.90. The van der Waals surface area contributed by atoms with Gasteiger partial charge in [-0.3, -0.25) is 9.59 Å². The molecule has 2 rings (SSSR count). The number of carboxylic acid groups (broad SMARTS) is 1. The molecule has 1 saturated heterocycles. The Kier molecular flexibility index (Phi) is 3.62. The number of hydrogen-bond acceptors (Lipinski definition) is 4. The maximum absolute atomic E-state index is 12.3. The summed E-state index contributed by atoms with van der Waals surface area (Å²) in [5.41, 5.74) is -0.393. The van der Waals surface area contributed by atoms with Crippen LogP contribution in [0.4, 0.5) is 0 Å². The Morgan fingerprint density at radius 3 is 2.68 bits per heavy atom. The molecule has 1 aliphatic rings. The minimum atomic E-state index is -0.844. The lowest BCUT2D eigenvalue weighted by molar-refractivity contribution is -0.147. The van der Waals surface area contributed by atoms with Crippen molar-refractivity contribution in [2.75, 3.05) is 13.1 Å². The van der Waals surface area contributed by atoms with E-state index in [0.717, 1.165) is 5.01 Å². The number of nitrogens with zero attached hydrogens (tertiary/aromatic N) is 2. The summed E-state index contributed by atoms with van der Waals surface area (Å²) in [6.45, 7) is 6.49. The van der Waals surface area contributed by atoms with Crippen molar-refractivity contribution in [2.45, 2.75) is 33.1 Å². The number of hydrogen-bond donors (Lipinski definition) is 1. The Hall–Kier alpha value is -1.43. The molecule has 1 fully saturated rings. The second-order valence-electron chi connectivity index (χ2n) is 5.57. The van der Waals surface area contributed by atoms with Crippen molar-refractivity contribution in [3.05, 3.63) is 16.1 Å². The number of aromatic nitrogens is 1. The molecule has 0 aromatic carbocycles. The molecule has 19 heavy (non-hydrogen) atoms. The molecule has 5 nitrogen and oxygen atoms in total. The Balaban J connectivity index is 2.11. The average molecular weight is 282 g/mol. The fraction of sp³-hybridized carbons (Fsp3) is 0.615. The summed E-state index contributed by atoms with van der Waals surface area (Å²) in [5.74, 6) is -0.702. The lowest BCUT2D eigenvalue weighted by Gasteiger charge is -2.19. The number of rotatable bonds is 3. The topological polar surface area (TPSA) is 70.5 Å². The van der Waals surface area contributed by atoms with Crippen LogP contribution in [-0.2, 0) is 4.79 Å². The predicted octanol–water partition coefficient (Wildman–Crippen LogP) is 2.20. The summed E-state index contributed by atoms with van der Waals surface area (Å²) in [6, 6.07) is 0. The van der Waals surface area contributed by atoms with Crippen LogP contribution in [0.25, 0.3) is 0 Å². The normalized spacial score (nSPS) is 23.1. The third-order valence-electron chi connectivity index (χ3n) is 3.51. The molecule has 6 heteroatoms. The summed E-state index contributed by atoms with van der Waals surface area (Å²) in [4.78, 5) is 29.4. The number of likely N-dealkylation sites (tertiary alicyclic amines) is 1. The van der Waals surface area contributed by atoms with Gasteiger partial charge in [0.1, 0.15) is 5.69 Å². The van der Waals surface area contributed by atoms with Gasteiger partial charge in [0, 0.05) is 24.4 Å². The number of carboxylic acids is 1. The third kappa shape index (κ3) is 2.63. The molecule has 1 atom stereocenters. The number of thiazole rings is 1. The minimum Gasteiger partial charge on any atom is -0.481 e. The molecule has 0 bridgehead atoms. The van der Waals surface area contributed by atoms with Gasteiger partial charge in [0.25, 0.3) is 5.91 Å². The van der Waals surface area contributed by atoms with Crippen LogP contribution in [-0.4, -0.2) is 40.0 Å². The number of carbonyl (C=O) groups is 2. The van der Waals surface area contributed by atoms with E-state index >= 15 is 0 Å². The zero-order valence-electron chi connectivity index (χ0n) is 11.3. The smallest absolute Gasteiger partial charge is 0.311 e. The molecule has 1 N–H and O–H groups in total. The van der Waals surface area contributed by atoms with Gasteiger partial charge in [-0.15, -0.1) is 11.3 Å². The second kappa shape index (κ2) is 4.92. The van der Waals surface area contributed by atoms with Gasteiger partial charge in [-0.25, -0.2) is 4.98 Å². The monoisotopic (exact) mass is 282 g/mol. The highest BCUT2D eigenvalue weighted by Gasteiger charge is 2.42. The molecule has 1 aromatic rings. The molecule has 0 spiro atoms. The summed E-state index contributed by atoms with van der Waals surface area (Å²) >= 11 is 1.48. The maximum atomic E-state index is 12.3. The summed E-state index contributed by atoms with van der Waals surface area (Å²) in [7, 11) is 0. The van der Waals surface area contributed by atoms with Crippen molar-refractivity contribution in [1.29, 1.82) is 0 Å². The molecule has 104 valence electrons. The third-order valence-corrected chi connectivity index (χ3v) is 4.66. The first-order valence-electron chi connectivity index (χ1n) is 6.31. The standard InChI is InChI=1S/C13H18N2O3S/c1-8(2)10-14-9(6-19-10)11(16)15-5-4-13(3,7-15)12(17)18/h6,8H,4-5,7H2,1-3H3,(H,17,18)/t13-/m1/s1. The first-order valence-corrected chi connectivity index (χ1v) is 7.19. The van der Waals surface area contributed by atoms with E-state index in [1.165, 1.54) is 11.3 Å².